The summed E-state index contributed by atoms with van der Waals surface area (Å²) in [5.74, 6) is 1.43. The number of para-hydroxylation sites is 1. The van der Waals surface area contributed by atoms with Crippen LogP contribution in [-0.2, 0) is 14.6 Å². The fourth-order valence-corrected chi connectivity index (χ4v) is 4.29. The molecule has 0 saturated carbocycles. The summed E-state index contributed by atoms with van der Waals surface area (Å²) >= 11 is 0. The predicted octanol–water partition coefficient (Wildman–Crippen LogP) is 1.40. The number of hydrogen-bond acceptors (Lipinski definition) is 4. The summed E-state index contributed by atoms with van der Waals surface area (Å²) in [7, 11) is -2.82. The summed E-state index contributed by atoms with van der Waals surface area (Å²) in [6, 6.07) is 9.36. The van der Waals surface area contributed by atoms with Crippen molar-refractivity contribution < 1.29 is 17.9 Å². The van der Waals surface area contributed by atoms with Gasteiger partial charge in [-0.1, -0.05) is 18.2 Å². The molecule has 1 atom stereocenters. The van der Waals surface area contributed by atoms with Crippen molar-refractivity contribution in [1.82, 2.24) is 5.32 Å². The van der Waals surface area contributed by atoms with Crippen LogP contribution in [-0.4, -0.2) is 39.0 Å². The predicted molar refractivity (Wildman–Crippen MR) is 80.9 cm³/mol. The first-order valence-corrected chi connectivity index (χ1v) is 9.02. The van der Waals surface area contributed by atoms with Crippen LogP contribution >= 0.6 is 0 Å². The zero-order valence-corrected chi connectivity index (χ0v) is 12.8. The number of hydrogen-bond donors (Lipinski definition) is 1. The van der Waals surface area contributed by atoms with Gasteiger partial charge in [0, 0.05) is 6.54 Å². The van der Waals surface area contributed by atoms with E-state index in [1.807, 2.05) is 30.3 Å². The summed E-state index contributed by atoms with van der Waals surface area (Å²) in [5.41, 5.74) is 0. The van der Waals surface area contributed by atoms with Gasteiger partial charge in [-0.05, 0) is 30.9 Å². The molecule has 1 amide bonds. The molecular weight excluding hydrogens is 290 g/mol. The number of benzene rings is 1. The molecule has 6 heteroatoms. The van der Waals surface area contributed by atoms with Gasteiger partial charge in [0.15, 0.2) is 9.84 Å². The lowest BCUT2D eigenvalue weighted by Crippen LogP contribution is -2.27. The molecule has 1 unspecified atom stereocenters. The normalized spacial score (nSPS) is 20.1. The van der Waals surface area contributed by atoms with Gasteiger partial charge in [-0.2, -0.15) is 0 Å². The van der Waals surface area contributed by atoms with Crippen molar-refractivity contribution in [2.75, 3.05) is 24.7 Å². The fourth-order valence-electron chi connectivity index (χ4n) is 2.38. The van der Waals surface area contributed by atoms with Gasteiger partial charge in [0.2, 0.25) is 5.91 Å². The topological polar surface area (TPSA) is 72.5 Å². The van der Waals surface area contributed by atoms with Crippen molar-refractivity contribution in [2.45, 2.75) is 19.3 Å². The van der Waals surface area contributed by atoms with E-state index in [-0.39, 0.29) is 23.3 Å². The van der Waals surface area contributed by atoms with Gasteiger partial charge < -0.3 is 10.1 Å². The molecule has 1 heterocycles. The number of nitrogens with one attached hydrogen (secondary N) is 1. The monoisotopic (exact) mass is 311 g/mol. The zero-order valence-electron chi connectivity index (χ0n) is 12.0. The zero-order chi connectivity index (χ0) is 15.1. The van der Waals surface area contributed by atoms with Crippen molar-refractivity contribution >= 4 is 15.7 Å². The minimum atomic E-state index is -2.82. The maximum absolute atomic E-state index is 11.6. The Morgan fingerprint density at radius 1 is 1.29 bits per heavy atom. The molecule has 1 aromatic carbocycles. The quantitative estimate of drug-likeness (QED) is 0.826. The highest BCUT2D eigenvalue weighted by molar-refractivity contribution is 7.91. The summed E-state index contributed by atoms with van der Waals surface area (Å²) in [6.07, 6.45) is 1.75. The van der Waals surface area contributed by atoms with Crippen LogP contribution < -0.4 is 10.1 Å². The van der Waals surface area contributed by atoms with Gasteiger partial charge in [0.1, 0.15) is 5.75 Å². The number of sulfone groups is 1. The maximum Gasteiger partial charge on any atom is 0.223 e. The molecule has 0 aliphatic carbocycles. The molecule has 0 spiro atoms. The van der Waals surface area contributed by atoms with Crippen molar-refractivity contribution in [3.8, 4) is 5.75 Å². The molecule has 1 aromatic rings. The third kappa shape index (κ3) is 5.75. The lowest BCUT2D eigenvalue weighted by Gasteiger charge is -2.09. The second-order valence-corrected chi connectivity index (χ2v) is 7.55. The summed E-state index contributed by atoms with van der Waals surface area (Å²) in [5, 5.41) is 2.81. The molecular formula is C15H21NO4S. The van der Waals surface area contributed by atoms with Gasteiger partial charge in [-0.15, -0.1) is 0 Å². The van der Waals surface area contributed by atoms with E-state index < -0.39 is 9.84 Å². The molecule has 0 radical (unpaired) electrons. The molecule has 1 aliphatic heterocycles. The SMILES string of the molecule is O=C(CCOc1ccccc1)NCCC1CCS(=O)(=O)C1. The van der Waals surface area contributed by atoms with E-state index in [1.165, 1.54) is 0 Å². The van der Waals surface area contributed by atoms with Crippen LogP contribution in [0.2, 0.25) is 0 Å². The Hall–Kier alpha value is -1.56. The minimum Gasteiger partial charge on any atom is -0.493 e. The van der Waals surface area contributed by atoms with Gasteiger partial charge in [0.05, 0.1) is 24.5 Å². The minimum absolute atomic E-state index is 0.0632. The van der Waals surface area contributed by atoms with E-state index in [4.69, 9.17) is 4.74 Å². The molecule has 5 nitrogen and oxygen atoms in total. The first kappa shape index (κ1) is 15.8. The lowest BCUT2D eigenvalue weighted by atomic mass is 10.1. The summed E-state index contributed by atoms with van der Waals surface area (Å²) in [4.78, 5) is 11.6. The highest BCUT2D eigenvalue weighted by Gasteiger charge is 2.27. The second-order valence-electron chi connectivity index (χ2n) is 5.32. The van der Waals surface area contributed by atoms with Crippen LogP contribution in [0, 0.1) is 5.92 Å². The largest absolute Gasteiger partial charge is 0.493 e. The van der Waals surface area contributed by atoms with Gasteiger partial charge in [0.25, 0.3) is 0 Å². The van der Waals surface area contributed by atoms with E-state index in [1.54, 1.807) is 0 Å². The van der Waals surface area contributed by atoms with E-state index >= 15 is 0 Å². The third-order valence-corrected chi connectivity index (χ3v) is 5.38. The Morgan fingerprint density at radius 3 is 2.71 bits per heavy atom. The van der Waals surface area contributed by atoms with Crippen LogP contribution in [0.1, 0.15) is 19.3 Å². The Morgan fingerprint density at radius 2 is 2.05 bits per heavy atom. The van der Waals surface area contributed by atoms with Gasteiger partial charge >= 0.3 is 0 Å². The average Bonchev–Trinajstić information content (AvgIpc) is 2.79. The van der Waals surface area contributed by atoms with Crippen LogP contribution in [0.15, 0.2) is 30.3 Å². The fraction of sp³-hybridized carbons (Fsp3) is 0.533. The second kappa shape index (κ2) is 7.45. The Bertz CT molecular complexity index is 556. The van der Waals surface area contributed by atoms with Gasteiger partial charge in [-0.3, -0.25) is 4.79 Å². The van der Waals surface area contributed by atoms with Crippen LogP contribution in [0.4, 0.5) is 0 Å². The number of carbonyl (C=O) groups excluding carboxylic acids is 1. The van der Waals surface area contributed by atoms with Crippen LogP contribution in [0.25, 0.3) is 0 Å². The van der Waals surface area contributed by atoms with Crippen molar-refractivity contribution in [1.29, 1.82) is 0 Å². The Balaban J connectivity index is 1.56. The van der Waals surface area contributed by atoms with Crippen molar-refractivity contribution in [2.24, 2.45) is 5.92 Å². The highest BCUT2D eigenvalue weighted by atomic mass is 32.2. The summed E-state index contributed by atoms with van der Waals surface area (Å²) < 4.78 is 28.1. The average molecular weight is 311 g/mol. The van der Waals surface area contributed by atoms with E-state index in [2.05, 4.69) is 5.32 Å². The molecule has 1 saturated heterocycles. The first-order valence-electron chi connectivity index (χ1n) is 7.20. The van der Waals surface area contributed by atoms with Crippen molar-refractivity contribution in [3.63, 3.8) is 0 Å². The Labute approximate surface area is 125 Å². The standard InChI is InChI=1S/C15H21NO4S/c17-15(7-10-20-14-4-2-1-3-5-14)16-9-6-13-8-11-21(18,19)12-13/h1-5,13H,6-12H2,(H,16,17). The molecule has 0 aromatic heterocycles. The molecule has 21 heavy (non-hydrogen) atoms. The lowest BCUT2D eigenvalue weighted by molar-refractivity contribution is -0.121. The smallest absolute Gasteiger partial charge is 0.223 e. The van der Waals surface area contributed by atoms with E-state index in [9.17, 15) is 13.2 Å². The van der Waals surface area contributed by atoms with Crippen LogP contribution in [0.3, 0.4) is 0 Å². The van der Waals surface area contributed by atoms with E-state index in [0.29, 0.717) is 19.6 Å². The molecule has 2 rings (SSSR count). The molecule has 1 aliphatic rings. The Kier molecular flexibility index (Phi) is 5.61. The first-order chi connectivity index (χ1) is 10.1. The molecule has 1 N–H and O–H groups in total. The number of amides is 1. The third-order valence-electron chi connectivity index (χ3n) is 3.54. The van der Waals surface area contributed by atoms with Crippen LogP contribution in [0.5, 0.6) is 5.75 Å². The number of ether oxygens (including phenoxy) is 1. The maximum atomic E-state index is 11.6. The number of carbonyl (C=O) groups is 1. The molecule has 116 valence electrons. The van der Waals surface area contributed by atoms with E-state index in [0.717, 1.165) is 18.6 Å². The molecule has 0 bridgehead atoms. The highest BCUT2D eigenvalue weighted by Crippen LogP contribution is 2.20. The van der Waals surface area contributed by atoms with Gasteiger partial charge in [-0.25, -0.2) is 8.42 Å². The van der Waals surface area contributed by atoms with Crippen molar-refractivity contribution in [3.05, 3.63) is 30.3 Å². The summed E-state index contributed by atoms with van der Waals surface area (Å²) in [6.45, 7) is 0.873. The number of rotatable bonds is 7. The molecule has 1 fully saturated rings.